The van der Waals surface area contributed by atoms with Crippen molar-refractivity contribution in [2.75, 3.05) is 25.7 Å². The van der Waals surface area contributed by atoms with Crippen molar-refractivity contribution in [1.82, 2.24) is 5.32 Å². The Morgan fingerprint density at radius 2 is 1.60 bits per heavy atom. The van der Waals surface area contributed by atoms with Crippen LogP contribution in [0.3, 0.4) is 0 Å². The van der Waals surface area contributed by atoms with Crippen LogP contribution in [0, 0.1) is 0 Å². The zero-order valence-corrected chi connectivity index (χ0v) is 11.9. The second-order valence-corrected chi connectivity index (χ2v) is 6.39. The van der Waals surface area contributed by atoms with E-state index in [0.717, 1.165) is 0 Å². The molecular formula is C6H16N2O10P2. The van der Waals surface area contributed by atoms with Gasteiger partial charge in [-0.3, -0.25) is 24.0 Å². The number of carboxylic acid groups (broad SMARTS) is 1. The summed E-state index contributed by atoms with van der Waals surface area (Å²) >= 11 is 0. The molecule has 120 valence electrons. The molecule has 0 fully saturated rings. The lowest BCUT2D eigenvalue weighted by molar-refractivity contribution is -0.140. The Balaban J connectivity index is 0. The molecule has 0 aliphatic carbocycles. The Morgan fingerprint density at radius 1 is 1.10 bits per heavy atom. The van der Waals surface area contributed by atoms with E-state index in [0.29, 0.717) is 0 Å². The van der Waals surface area contributed by atoms with Crippen molar-refractivity contribution in [3.05, 3.63) is 0 Å². The minimum Gasteiger partial charge on any atom is -0.480 e. The van der Waals surface area contributed by atoms with Crippen molar-refractivity contribution in [3.8, 4) is 0 Å². The number of carbonyl (C=O) groups is 2. The van der Waals surface area contributed by atoms with E-state index in [2.05, 4.69) is 10.1 Å². The van der Waals surface area contributed by atoms with Crippen LogP contribution in [0.4, 0.5) is 0 Å². The lowest BCUT2D eigenvalue weighted by Gasteiger charge is -2.03. The van der Waals surface area contributed by atoms with E-state index in [1.54, 1.807) is 0 Å². The first kappa shape index (κ1) is 21.5. The number of aliphatic carboxylic acids is 1. The number of rotatable bonds is 7. The van der Waals surface area contributed by atoms with Crippen molar-refractivity contribution in [2.24, 2.45) is 5.73 Å². The predicted octanol–water partition coefficient (Wildman–Crippen LogP) is -2.58. The van der Waals surface area contributed by atoms with Gasteiger partial charge in [0.15, 0.2) is 6.35 Å². The molecule has 0 aromatic rings. The van der Waals surface area contributed by atoms with Crippen LogP contribution in [0.1, 0.15) is 0 Å². The van der Waals surface area contributed by atoms with Crippen LogP contribution in [0.5, 0.6) is 0 Å². The van der Waals surface area contributed by atoms with Gasteiger partial charge in [-0.05, 0) is 0 Å². The zero-order valence-electron chi connectivity index (χ0n) is 10.1. The SMILES string of the molecule is NCC(=O)OCP(=O)(O)O.O=C(O)CNCP(=O)(O)O. The second kappa shape index (κ2) is 9.97. The highest BCUT2D eigenvalue weighted by Crippen LogP contribution is 2.33. The maximum Gasteiger partial charge on any atom is 0.362 e. The molecule has 0 aliphatic heterocycles. The molecule has 0 bridgehead atoms. The topological polar surface area (TPSA) is 217 Å². The molecule has 0 heterocycles. The van der Waals surface area contributed by atoms with Gasteiger partial charge in [-0.2, -0.15) is 0 Å². The first-order valence-electron chi connectivity index (χ1n) is 4.74. The van der Waals surface area contributed by atoms with Crippen LogP contribution in [-0.2, 0) is 23.5 Å². The Hall–Kier alpha value is -0.840. The van der Waals surface area contributed by atoms with E-state index < -0.39 is 46.3 Å². The molecule has 0 unspecified atom stereocenters. The third-order valence-electron chi connectivity index (χ3n) is 1.15. The van der Waals surface area contributed by atoms with Gasteiger partial charge in [-0.1, -0.05) is 0 Å². The van der Waals surface area contributed by atoms with Crippen LogP contribution in [0.2, 0.25) is 0 Å². The number of ether oxygens (including phenoxy) is 1. The Labute approximate surface area is 113 Å². The highest BCUT2D eigenvalue weighted by Gasteiger charge is 2.15. The summed E-state index contributed by atoms with van der Waals surface area (Å²) in [4.78, 5) is 52.6. The number of carboxylic acids is 1. The average Bonchev–Trinajstić information content (AvgIpc) is 2.23. The average molecular weight is 338 g/mol. The molecule has 20 heavy (non-hydrogen) atoms. The Bertz CT molecular complexity index is 401. The van der Waals surface area contributed by atoms with Crippen LogP contribution in [0.15, 0.2) is 0 Å². The van der Waals surface area contributed by atoms with E-state index in [-0.39, 0.29) is 6.54 Å². The van der Waals surface area contributed by atoms with Gasteiger partial charge < -0.3 is 35.2 Å². The molecule has 12 nitrogen and oxygen atoms in total. The summed E-state index contributed by atoms with van der Waals surface area (Å²) in [6.45, 7) is -0.814. The maximum absolute atomic E-state index is 10.2. The molecule has 0 amide bonds. The molecule has 0 rings (SSSR count). The smallest absolute Gasteiger partial charge is 0.362 e. The van der Waals surface area contributed by atoms with Gasteiger partial charge in [0, 0.05) is 0 Å². The van der Waals surface area contributed by atoms with Gasteiger partial charge in [-0.25, -0.2) is 0 Å². The zero-order chi connectivity index (χ0) is 16.4. The molecule has 0 radical (unpaired) electrons. The third-order valence-corrected chi connectivity index (χ3v) is 2.26. The molecule has 0 atom stereocenters. The summed E-state index contributed by atoms with van der Waals surface area (Å²) in [6.07, 6.45) is -1.50. The van der Waals surface area contributed by atoms with E-state index in [1.165, 1.54) is 0 Å². The predicted molar refractivity (Wildman–Crippen MR) is 64.6 cm³/mol. The molecule has 0 aromatic carbocycles. The van der Waals surface area contributed by atoms with Gasteiger partial charge >= 0.3 is 27.1 Å². The number of carbonyl (C=O) groups excluding carboxylic acids is 1. The molecular weight excluding hydrogens is 322 g/mol. The number of hydrogen-bond donors (Lipinski definition) is 7. The molecule has 0 saturated carbocycles. The monoisotopic (exact) mass is 338 g/mol. The minimum absolute atomic E-state index is 0.375. The first-order chi connectivity index (χ1) is 8.87. The van der Waals surface area contributed by atoms with E-state index in [4.69, 9.17) is 30.4 Å². The summed E-state index contributed by atoms with van der Waals surface area (Å²) < 4.78 is 24.1. The fourth-order valence-corrected chi connectivity index (χ4v) is 1.24. The fourth-order valence-electron chi connectivity index (χ4n) is 0.523. The summed E-state index contributed by atoms with van der Waals surface area (Å²) in [7, 11) is -8.33. The van der Waals surface area contributed by atoms with Crippen molar-refractivity contribution in [1.29, 1.82) is 0 Å². The molecule has 0 spiro atoms. The Kier molecular flexibility index (Phi) is 10.7. The van der Waals surface area contributed by atoms with Crippen molar-refractivity contribution in [3.63, 3.8) is 0 Å². The van der Waals surface area contributed by atoms with Gasteiger partial charge in [-0.15, -0.1) is 0 Å². The van der Waals surface area contributed by atoms with Gasteiger partial charge in [0.25, 0.3) is 0 Å². The summed E-state index contributed by atoms with van der Waals surface area (Å²) in [5, 5.41) is 10.1. The summed E-state index contributed by atoms with van der Waals surface area (Å²) in [5.74, 6) is -1.98. The number of esters is 1. The standard InChI is InChI=1S/2C3H8NO5P/c4-1-3(5)9-2-10(6,7)8;5-3(6)1-4-2-10(7,8)9/h1-2,4H2,(H2,6,7,8);4H,1-2H2,(H,5,6)(H2,7,8,9). The molecule has 0 saturated heterocycles. The second-order valence-electron chi connectivity index (χ2n) is 3.16. The normalized spacial score (nSPS) is 11.2. The van der Waals surface area contributed by atoms with Crippen LogP contribution < -0.4 is 11.1 Å². The molecule has 14 heteroatoms. The lowest BCUT2D eigenvalue weighted by atomic mass is 10.7. The Morgan fingerprint density at radius 3 is 1.90 bits per heavy atom. The number of nitrogens with one attached hydrogen (secondary N) is 1. The largest absolute Gasteiger partial charge is 0.480 e. The van der Waals surface area contributed by atoms with Crippen molar-refractivity contribution >= 4 is 27.1 Å². The first-order valence-corrected chi connectivity index (χ1v) is 8.34. The van der Waals surface area contributed by atoms with Crippen LogP contribution >= 0.6 is 15.2 Å². The van der Waals surface area contributed by atoms with Gasteiger partial charge in [0.2, 0.25) is 0 Å². The third kappa shape index (κ3) is 22.3. The van der Waals surface area contributed by atoms with E-state index in [9.17, 15) is 18.7 Å². The molecule has 8 N–H and O–H groups in total. The quantitative estimate of drug-likeness (QED) is 0.188. The highest BCUT2D eigenvalue weighted by atomic mass is 31.2. The lowest BCUT2D eigenvalue weighted by Crippen LogP contribution is -2.23. The van der Waals surface area contributed by atoms with Crippen molar-refractivity contribution < 1.29 is 48.1 Å². The van der Waals surface area contributed by atoms with E-state index in [1.807, 2.05) is 0 Å². The number of nitrogens with two attached hydrogens (primary N) is 1. The van der Waals surface area contributed by atoms with Gasteiger partial charge in [0.1, 0.15) is 0 Å². The molecule has 0 aromatic heterocycles. The summed E-state index contributed by atoms with van der Waals surface area (Å²) in [5.41, 5.74) is 4.77. The van der Waals surface area contributed by atoms with Crippen molar-refractivity contribution in [2.45, 2.75) is 0 Å². The van der Waals surface area contributed by atoms with Crippen LogP contribution in [-0.4, -0.2) is 62.3 Å². The van der Waals surface area contributed by atoms with E-state index >= 15 is 0 Å². The summed E-state index contributed by atoms with van der Waals surface area (Å²) in [6, 6.07) is 0. The van der Waals surface area contributed by atoms with Crippen LogP contribution in [0.25, 0.3) is 0 Å². The maximum atomic E-state index is 10.2. The van der Waals surface area contributed by atoms with Gasteiger partial charge in [0.05, 0.1) is 19.4 Å². The highest BCUT2D eigenvalue weighted by molar-refractivity contribution is 7.51. The molecule has 0 aliphatic rings. The number of hydrogen-bond acceptors (Lipinski definition) is 7. The fraction of sp³-hybridized carbons (Fsp3) is 0.667. The minimum atomic E-state index is -4.23.